The quantitative estimate of drug-likeness (QED) is 0.763. The summed E-state index contributed by atoms with van der Waals surface area (Å²) < 4.78 is 5.24. The molecule has 20 heavy (non-hydrogen) atoms. The Labute approximate surface area is 117 Å². The zero-order valence-electron chi connectivity index (χ0n) is 11.4. The van der Waals surface area contributed by atoms with Gasteiger partial charge in [0.25, 0.3) is 0 Å². The van der Waals surface area contributed by atoms with E-state index in [-0.39, 0.29) is 5.75 Å². The number of nitrogens with zero attached hydrogens (tertiary/aromatic N) is 1. The minimum Gasteiger partial charge on any atom is -0.507 e. The average Bonchev–Trinajstić information content (AvgIpc) is 2.49. The van der Waals surface area contributed by atoms with Gasteiger partial charge in [-0.1, -0.05) is 18.2 Å². The third-order valence-electron chi connectivity index (χ3n) is 3.47. The molecule has 3 nitrogen and oxygen atoms in total. The number of fused-ring (bicyclic) bond motifs is 1. The maximum Gasteiger partial charge on any atom is 0.123 e. The van der Waals surface area contributed by atoms with Gasteiger partial charge in [-0.05, 0) is 42.3 Å². The summed E-state index contributed by atoms with van der Waals surface area (Å²) in [6.45, 7) is 2.03. The molecule has 0 aliphatic heterocycles. The number of phenolic OH excluding ortho intramolecular Hbond substituents is 1. The molecule has 3 aromatic rings. The molecule has 1 heterocycles. The van der Waals surface area contributed by atoms with Crippen molar-refractivity contribution >= 4 is 10.9 Å². The van der Waals surface area contributed by atoms with Gasteiger partial charge in [0.15, 0.2) is 0 Å². The van der Waals surface area contributed by atoms with Crippen LogP contribution >= 0.6 is 0 Å². The minimum absolute atomic E-state index is 0.236. The van der Waals surface area contributed by atoms with E-state index in [1.807, 2.05) is 37.3 Å². The third-order valence-corrected chi connectivity index (χ3v) is 3.47. The van der Waals surface area contributed by atoms with E-state index in [1.165, 1.54) is 0 Å². The molecule has 3 heteroatoms. The van der Waals surface area contributed by atoms with Gasteiger partial charge < -0.3 is 9.84 Å². The van der Waals surface area contributed by atoms with E-state index in [2.05, 4.69) is 4.98 Å². The number of pyridine rings is 1. The molecule has 3 rings (SSSR count). The monoisotopic (exact) mass is 265 g/mol. The maximum absolute atomic E-state index is 10.1. The number of rotatable bonds is 2. The van der Waals surface area contributed by atoms with Gasteiger partial charge in [0.1, 0.15) is 11.5 Å². The van der Waals surface area contributed by atoms with Crippen LogP contribution in [0.1, 0.15) is 5.56 Å². The number of aromatic hydroxyl groups is 1. The molecule has 2 aromatic carbocycles. The van der Waals surface area contributed by atoms with Crippen LogP contribution in [-0.2, 0) is 0 Å². The van der Waals surface area contributed by atoms with Gasteiger partial charge in [0, 0.05) is 17.1 Å². The van der Waals surface area contributed by atoms with Crippen LogP contribution < -0.4 is 4.74 Å². The first kappa shape index (κ1) is 12.5. The largest absolute Gasteiger partial charge is 0.507 e. The summed E-state index contributed by atoms with van der Waals surface area (Å²) in [4.78, 5) is 4.43. The molecule has 0 amide bonds. The highest BCUT2D eigenvalue weighted by Gasteiger charge is 2.11. The first-order chi connectivity index (χ1) is 9.70. The lowest BCUT2D eigenvalue weighted by Crippen LogP contribution is -1.89. The topological polar surface area (TPSA) is 42.4 Å². The van der Waals surface area contributed by atoms with Crippen LogP contribution in [0.3, 0.4) is 0 Å². The molecule has 0 unspecified atom stereocenters. The summed E-state index contributed by atoms with van der Waals surface area (Å²) in [6.07, 6.45) is 1.78. The van der Waals surface area contributed by atoms with E-state index in [4.69, 9.17) is 4.74 Å². The molecule has 100 valence electrons. The highest BCUT2D eigenvalue weighted by molar-refractivity contribution is 5.97. The number of hydrogen-bond acceptors (Lipinski definition) is 3. The number of hydrogen-bond donors (Lipinski definition) is 1. The second kappa shape index (κ2) is 4.85. The summed E-state index contributed by atoms with van der Waals surface area (Å²) >= 11 is 0. The molecule has 1 aromatic heterocycles. The van der Waals surface area contributed by atoms with Crippen molar-refractivity contribution in [1.82, 2.24) is 4.98 Å². The number of aryl methyl sites for hydroxylation is 1. The second-order valence-corrected chi connectivity index (χ2v) is 4.71. The second-order valence-electron chi connectivity index (χ2n) is 4.71. The summed E-state index contributed by atoms with van der Waals surface area (Å²) in [6, 6.07) is 13.2. The van der Waals surface area contributed by atoms with Crippen LogP contribution in [0.15, 0.2) is 48.7 Å². The van der Waals surface area contributed by atoms with Crippen LogP contribution in [0.5, 0.6) is 11.5 Å². The molecule has 0 saturated heterocycles. The summed E-state index contributed by atoms with van der Waals surface area (Å²) in [7, 11) is 1.62. The summed E-state index contributed by atoms with van der Waals surface area (Å²) in [5.74, 6) is 0.954. The SMILES string of the molecule is COc1ccc(O)c(-c2ccc(C)c3ncccc23)c1. The fraction of sp³-hybridized carbons (Fsp3) is 0.118. The van der Waals surface area contributed by atoms with Crippen molar-refractivity contribution < 1.29 is 9.84 Å². The number of phenols is 1. The van der Waals surface area contributed by atoms with Crippen molar-refractivity contribution in [1.29, 1.82) is 0 Å². The third kappa shape index (κ3) is 1.97. The molecule has 0 atom stereocenters. The van der Waals surface area contributed by atoms with E-state index >= 15 is 0 Å². The lowest BCUT2D eigenvalue weighted by atomic mass is 9.97. The molecule has 0 bridgehead atoms. The van der Waals surface area contributed by atoms with E-state index in [1.54, 1.807) is 25.4 Å². The molecule has 0 aliphatic carbocycles. The predicted octanol–water partition coefficient (Wildman–Crippen LogP) is 3.92. The van der Waals surface area contributed by atoms with Crippen molar-refractivity contribution in [2.45, 2.75) is 6.92 Å². The molecule has 0 spiro atoms. The molecule has 0 radical (unpaired) electrons. The molecule has 0 aliphatic rings. The van der Waals surface area contributed by atoms with Gasteiger partial charge in [-0.15, -0.1) is 0 Å². The number of aromatic nitrogens is 1. The smallest absolute Gasteiger partial charge is 0.123 e. The van der Waals surface area contributed by atoms with E-state index in [0.717, 1.165) is 33.3 Å². The summed E-state index contributed by atoms with van der Waals surface area (Å²) in [5, 5.41) is 11.2. The van der Waals surface area contributed by atoms with Crippen molar-refractivity contribution in [3.63, 3.8) is 0 Å². The van der Waals surface area contributed by atoms with Gasteiger partial charge in [-0.3, -0.25) is 4.98 Å². The maximum atomic E-state index is 10.1. The molecule has 0 fully saturated rings. The van der Waals surface area contributed by atoms with Gasteiger partial charge in [0.2, 0.25) is 0 Å². The van der Waals surface area contributed by atoms with E-state index < -0.39 is 0 Å². The molecule has 1 N–H and O–H groups in total. The fourth-order valence-electron chi connectivity index (χ4n) is 2.41. The normalized spacial score (nSPS) is 10.7. The Morgan fingerprint density at radius 2 is 1.90 bits per heavy atom. The van der Waals surface area contributed by atoms with Crippen LogP contribution in [0.4, 0.5) is 0 Å². The van der Waals surface area contributed by atoms with Crippen LogP contribution in [-0.4, -0.2) is 17.2 Å². The Bertz CT molecular complexity index is 781. The first-order valence-corrected chi connectivity index (χ1v) is 6.42. The van der Waals surface area contributed by atoms with Crippen LogP contribution in [0, 0.1) is 6.92 Å². The average molecular weight is 265 g/mol. The van der Waals surface area contributed by atoms with Crippen molar-refractivity contribution in [3.8, 4) is 22.6 Å². The van der Waals surface area contributed by atoms with E-state index in [9.17, 15) is 5.11 Å². The highest BCUT2D eigenvalue weighted by atomic mass is 16.5. The first-order valence-electron chi connectivity index (χ1n) is 6.42. The van der Waals surface area contributed by atoms with Gasteiger partial charge in [0.05, 0.1) is 12.6 Å². The lowest BCUT2D eigenvalue weighted by Gasteiger charge is -2.11. The zero-order chi connectivity index (χ0) is 14.1. The van der Waals surface area contributed by atoms with Crippen molar-refractivity contribution in [2.75, 3.05) is 7.11 Å². The Balaban J connectivity index is 2.33. The van der Waals surface area contributed by atoms with Gasteiger partial charge in [-0.2, -0.15) is 0 Å². The number of ether oxygens (including phenoxy) is 1. The standard InChI is InChI=1S/C17H15NO2/c1-11-5-7-13(14-4-3-9-18-17(11)14)15-10-12(20-2)6-8-16(15)19/h3-10,19H,1-2H3. The Hall–Kier alpha value is -2.55. The summed E-state index contributed by atoms with van der Waals surface area (Å²) in [5.41, 5.74) is 3.77. The number of benzene rings is 2. The molecular formula is C17H15NO2. The fourth-order valence-corrected chi connectivity index (χ4v) is 2.41. The molecule has 0 saturated carbocycles. The minimum atomic E-state index is 0.236. The van der Waals surface area contributed by atoms with Crippen LogP contribution in [0.2, 0.25) is 0 Å². The highest BCUT2D eigenvalue weighted by Crippen LogP contribution is 2.37. The van der Waals surface area contributed by atoms with Gasteiger partial charge >= 0.3 is 0 Å². The van der Waals surface area contributed by atoms with E-state index in [0.29, 0.717) is 0 Å². The Kier molecular flexibility index (Phi) is 3.03. The van der Waals surface area contributed by atoms with Crippen molar-refractivity contribution in [2.24, 2.45) is 0 Å². The van der Waals surface area contributed by atoms with Crippen molar-refractivity contribution in [3.05, 3.63) is 54.2 Å². The Morgan fingerprint density at radius 3 is 2.70 bits per heavy atom. The number of methoxy groups -OCH3 is 1. The predicted molar refractivity (Wildman–Crippen MR) is 80.1 cm³/mol. The zero-order valence-corrected chi connectivity index (χ0v) is 11.4. The van der Waals surface area contributed by atoms with Crippen LogP contribution in [0.25, 0.3) is 22.0 Å². The lowest BCUT2D eigenvalue weighted by molar-refractivity contribution is 0.412. The Morgan fingerprint density at radius 1 is 1.05 bits per heavy atom. The molecular weight excluding hydrogens is 250 g/mol. The van der Waals surface area contributed by atoms with Gasteiger partial charge in [-0.25, -0.2) is 0 Å².